The molecular formula is C56H34N8O4. The predicted octanol–water partition coefficient (Wildman–Crippen LogP) is 13.9. The first kappa shape index (κ1) is 38.8. The van der Waals surface area contributed by atoms with Crippen molar-refractivity contribution in [2.45, 2.75) is 0 Å². The van der Waals surface area contributed by atoms with Gasteiger partial charge in [0.15, 0.2) is 29.1 Å². The van der Waals surface area contributed by atoms with Crippen LogP contribution in [0, 0.1) is 0 Å². The summed E-state index contributed by atoms with van der Waals surface area (Å²) in [5.74, 6) is 7.29. The van der Waals surface area contributed by atoms with Crippen molar-refractivity contribution in [2.24, 2.45) is 0 Å². The van der Waals surface area contributed by atoms with Gasteiger partial charge in [0.25, 0.3) is 0 Å². The molecule has 0 fully saturated rings. The molecule has 8 aromatic carbocycles. The summed E-state index contributed by atoms with van der Waals surface area (Å²) in [5.41, 5.74) is 5.24. The molecule has 0 saturated carbocycles. The topological polar surface area (TPSA) is 146 Å². The molecule has 0 radical (unpaired) electrons. The minimum atomic E-state index is 0.350. The van der Waals surface area contributed by atoms with Gasteiger partial charge in [-0.1, -0.05) is 121 Å². The molecule has 0 amide bonds. The fraction of sp³-hybridized carbons (Fsp3) is 0. The highest BCUT2D eigenvalue weighted by Crippen LogP contribution is 2.48. The number of hydrogen-bond donors (Lipinski definition) is 2. The van der Waals surface area contributed by atoms with E-state index in [1.165, 1.54) is 0 Å². The number of para-hydroxylation sites is 4. The van der Waals surface area contributed by atoms with Crippen LogP contribution in [0.1, 0.15) is 0 Å². The number of ether oxygens (including phenoxy) is 4. The quantitative estimate of drug-likeness (QED) is 0.151. The Morgan fingerprint density at radius 3 is 1.16 bits per heavy atom. The molecule has 0 unspecified atom stereocenters. The summed E-state index contributed by atoms with van der Waals surface area (Å²) in [5, 5.41) is 1.51. The van der Waals surface area contributed by atoms with Crippen LogP contribution >= 0.6 is 0 Å². The fourth-order valence-corrected chi connectivity index (χ4v) is 8.66. The largest absolute Gasteiger partial charge is 0.457 e. The molecule has 12 nitrogen and oxygen atoms in total. The Balaban J connectivity index is 1.13. The molecule has 0 aliphatic carbocycles. The average Bonchev–Trinajstić information content (AvgIpc) is 4.12. The van der Waals surface area contributed by atoms with Crippen LogP contribution in [-0.4, -0.2) is 39.9 Å². The summed E-state index contributed by atoms with van der Waals surface area (Å²) in [7, 11) is 0. The normalized spacial score (nSPS) is 11.5. The van der Waals surface area contributed by atoms with Gasteiger partial charge < -0.3 is 28.9 Å². The van der Waals surface area contributed by atoms with Gasteiger partial charge in [-0.05, 0) is 72.8 Å². The van der Waals surface area contributed by atoms with Gasteiger partial charge in [-0.25, -0.2) is 29.9 Å². The van der Waals surface area contributed by atoms with E-state index in [0.29, 0.717) is 120 Å². The highest BCUT2D eigenvalue weighted by atomic mass is 16.5. The molecule has 10 aromatic rings. The first-order chi connectivity index (χ1) is 33.7. The number of nitrogens with one attached hydrogen (secondary N) is 2. The second kappa shape index (κ2) is 16.1. The maximum atomic E-state index is 6.61. The molecule has 0 spiro atoms. The van der Waals surface area contributed by atoms with Crippen molar-refractivity contribution in [1.82, 2.24) is 39.9 Å². The van der Waals surface area contributed by atoms with Gasteiger partial charge in [0.05, 0.1) is 22.1 Å². The lowest BCUT2D eigenvalue weighted by Crippen LogP contribution is -1.91. The lowest BCUT2D eigenvalue weighted by Gasteiger charge is -2.11. The molecule has 0 saturated heterocycles. The Morgan fingerprint density at radius 2 is 0.676 bits per heavy atom. The lowest BCUT2D eigenvalue weighted by molar-refractivity contribution is 0.484. The highest BCUT2D eigenvalue weighted by molar-refractivity contribution is 6.08. The van der Waals surface area contributed by atoms with Gasteiger partial charge in [0, 0.05) is 22.1 Å². The Bertz CT molecular complexity index is 3810. The number of fused-ring (bicyclic) bond motifs is 20. The third-order valence-electron chi connectivity index (χ3n) is 11.7. The van der Waals surface area contributed by atoms with Crippen LogP contribution in [0.4, 0.5) is 0 Å². The van der Waals surface area contributed by atoms with Crippen LogP contribution in [-0.2, 0) is 0 Å². The third kappa shape index (κ3) is 6.88. The van der Waals surface area contributed by atoms with Crippen LogP contribution in [0.25, 0.3) is 90.4 Å². The molecule has 12 heteroatoms. The molecule has 13 rings (SSSR count). The summed E-state index contributed by atoms with van der Waals surface area (Å²) >= 11 is 0. The monoisotopic (exact) mass is 882 g/mol. The molecule has 0 atom stereocenters. The van der Waals surface area contributed by atoms with E-state index in [2.05, 4.69) is 9.97 Å². The minimum absolute atomic E-state index is 0.350. The molecule has 2 N–H and O–H groups in total. The van der Waals surface area contributed by atoms with E-state index < -0.39 is 0 Å². The van der Waals surface area contributed by atoms with Crippen molar-refractivity contribution in [3.8, 4) is 114 Å². The van der Waals surface area contributed by atoms with Gasteiger partial charge in [-0.15, -0.1) is 0 Å². The molecule has 3 aliphatic rings. The van der Waals surface area contributed by atoms with Crippen LogP contribution in [0.3, 0.4) is 0 Å². The van der Waals surface area contributed by atoms with E-state index >= 15 is 0 Å². The van der Waals surface area contributed by atoms with Crippen LogP contribution in [0.2, 0.25) is 0 Å². The van der Waals surface area contributed by atoms with Crippen molar-refractivity contribution < 1.29 is 18.9 Å². The van der Waals surface area contributed by atoms with Gasteiger partial charge in [-0.2, -0.15) is 0 Å². The summed E-state index contributed by atoms with van der Waals surface area (Å²) in [6.45, 7) is 0. The number of aromatic amines is 2. The van der Waals surface area contributed by atoms with Crippen LogP contribution in [0.5, 0.6) is 46.0 Å². The minimum Gasteiger partial charge on any atom is -0.457 e. The highest BCUT2D eigenvalue weighted by Gasteiger charge is 2.30. The molecule has 8 bridgehead atoms. The summed E-state index contributed by atoms with van der Waals surface area (Å²) in [6.07, 6.45) is 0. The molecule has 5 heterocycles. The van der Waals surface area contributed by atoms with E-state index in [-0.39, 0.29) is 0 Å². The SMILES string of the molecule is c1ccc(Oc2cccc3c2-c2nc4nc(nc5[nH]c([nH]c6nc(nc-3n2)-c2c(Oc3ccccc3)cccc2-6)c2c(Oc3ccccc3)cccc52)-c2c(Oc3ccccc3)cccc2-4)cc1. The number of rotatable bonds is 8. The van der Waals surface area contributed by atoms with Crippen molar-refractivity contribution >= 4 is 22.1 Å². The van der Waals surface area contributed by atoms with Gasteiger partial charge >= 0.3 is 0 Å². The maximum absolute atomic E-state index is 6.61. The van der Waals surface area contributed by atoms with E-state index in [9.17, 15) is 0 Å². The Hall–Kier alpha value is -9.68. The number of benzene rings is 8. The van der Waals surface area contributed by atoms with Gasteiger partial charge in [-0.3, -0.25) is 0 Å². The molecular weight excluding hydrogens is 849 g/mol. The Labute approximate surface area is 387 Å². The smallest absolute Gasteiger partial charge is 0.168 e. The summed E-state index contributed by atoms with van der Waals surface area (Å²) in [6, 6.07) is 61.8. The molecule has 2 aromatic heterocycles. The number of nitrogens with zero attached hydrogens (tertiary/aromatic N) is 6. The third-order valence-corrected chi connectivity index (χ3v) is 11.7. The van der Waals surface area contributed by atoms with E-state index in [0.717, 1.165) is 16.3 Å². The zero-order valence-corrected chi connectivity index (χ0v) is 35.8. The van der Waals surface area contributed by atoms with Crippen molar-refractivity contribution in [1.29, 1.82) is 0 Å². The number of hydrogen-bond acceptors (Lipinski definition) is 10. The second-order valence-corrected chi connectivity index (χ2v) is 16.0. The summed E-state index contributed by atoms with van der Waals surface area (Å²) in [4.78, 5) is 38.7. The maximum Gasteiger partial charge on any atom is 0.168 e. The zero-order chi connectivity index (χ0) is 45.0. The first-order valence-corrected chi connectivity index (χ1v) is 21.9. The standard InChI is InChI=1S/C56H34N8O4/c1-5-17-33(18-6-1)65-41-29-13-25-37-45(41)53-57-49(37)62-54-47-39(27-15-31-43(47)67-35-21-9-3-10-22-35)51(59-54)64-56-48-40(28-16-32-44(48)68-36-23-11-4-12-24-36)52(60-56)63-55-46-38(50(58-55)61-53)26-14-30-42(46)66-34-19-7-2-8-20-34/h1-32H,(H2,57,58,59,60,61,62,63,64). The lowest BCUT2D eigenvalue weighted by atomic mass is 10.1. The Morgan fingerprint density at radius 1 is 0.294 bits per heavy atom. The van der Waals surface area contributed by atoms with Crippen molar-refractivity contribution in [2.75, 3.05) is 0 Å². The number of aromatic nitrogens is 8. The van der Waals surface area contributed by atoms with Crippen molar-refractivity contribution in [3.05, 3.63) is 194 Å². The Kier molecular flexibility index (Phi) is 9.17. The average molecular weight is 883 g/mol. The van der Waals surface area contributed by atoms with Gasteiger partial charge in [0.2, 0.25) is 0 Å². The van der Waals surface area contributed by atoms with Gasteiger partial charge in [0.1, 0.15) is 63.1 Å². The van der Waals surface area contributed by atoms with Crippen LogP contribution < -0.4 is 18.9 Å². The molecule has 68 heavy (non-hydrogen) atoms. The van der Waals surface area contributed by atoms with E-state index in [1.54, 1.807) is 0 Å². The van der Waals surface area contributed by atoms with E-state index in [4.69, 9.17) is 48.9 Å². The second-order valence-electron chi connectivity index (χ2n) is 16.0. The summed E-state index contributed by atoms with van der Waals surface area (Å²) < 4.78 is 26.4. The van der Waals surface area contributed by atoms with Crippen molar-refractivity contribution in [3.63, 3.8) is 0 Å². The van der Waals surface area contributed by atoms with Crippen LogP contribution in [0.15, 0.2) is 194 Å². The first-order valence-electron chi connectivity index (χ1n) is 21.9. The fourth-order valence-electron chi connectivity index (χ4n) is 8.66. The number of H-pyrrole nitrogens is 2. The molecule has 322 valence electrons. The predicted molar refractivity (Wildman–Crippen MR) is 260 cm³/mol. The van der Waals surface area contributed by atoms with E-state index in [1.807, 2.05) is 194 Å². The molecule has 3 aliphatic heterocycles. The zero-order valence-electron chi connectivity index (χ0n) is 35.8.